The maximum absolute atomic E-state index is 11.4. The Bertz CT molecular complexity index is 570. The molecule has 1 heterocycles. The van der Waals surface area contributed by atoms with E-state index in [0.717, 1.165) is 5.39 Å². The van der Waals surface area contributed by atoms with E-state index in [-0.39, 0.29) is 5.76 Å². The lowest BCUT2D eigenvalue weighted by molar-refractivity contribution is 0.0567. The van der Waals surface area contributed by atoms with Crippen LogP contribution in [0.15, 0.2) is 22.6 Å². The zero-order chi connectivity index (χ0) is 13.1. The van der Waals surface area contributed by atoms with Crippen LogP contribution in [0.5, 0.6) is 11.5 Å². The van der Waals surface area contributed by atoms with Crippen molar-refractivity contribution in [3.63, 3.8) is 0 Å². The first-order chi connectivity index (χ1) is 8.69. The Morgan fingerprint density at radius 2 is 2.00 bits per heavy atom. The Morgan fingerprint density at radius 3 is 2.61 bits per heavy atom. The molecule has 0 bridgehead atoms. The molecule has 0 aliphatic rings. The number of hydrogen-bond acceptors (Lipinski definition) is 5. The van der Waals surface area contributed by atoms with Crippen LogP contribution in [0.2, 0.25) is 0 Å². The number of carbonyl (C=O) groups excluding carboxylic acids is 1. The monoisotopic (exact) mass is 250 g/mol. The van der Waals surface area contributed by atoms with Crippen molar-refractivity contribution in [1.82, 2.24) is 0 Å². The van der Waals surface area contributed by atoms with E-state index in [1.54, 1.807) is 25.3 Å². The van der Waals surface area contributed by atoms with Gasteiger partial charge in [-0.3, -0.25) is 0 Å². The van der Waals surface area contributed by atoms with Crippen LogP contribution in [0.3, 0.4) is 0 Å². The van der Waals surface area contributed by atoms with Crippen LogP contribution in [0.25, 0.3) is 11.0 Å². The van der Waals surface area contributed by atoms with E-state index in [2.05, 4.69) is 4.74 Å². The van der Waals surface area contributed by atoms with Crippen LogP contribution in [-0.2, 0) is 4.74 Å². The number of furan rings is 1. The van der Waals surface area contributed by atoms with Gasteiger partial charge in [0.15, 0.2) is 11.5 Å². The molecule has 0 saturated heterocycles. The van der Waals surface area contributed by atoms with E-state index in [0.29, 0.717) is 23.7 Å². The normalized spacial score (nSPS) is 10.4. The third-order valence-electron chi connectivity index (χ3n) is 2.49. The molecule has 1 aromatic heterocycles. The lowest BCUT2D eigenvalue weighted by Crippen LogP contribution is -1.97. The fourth-order valence-electron chi connectivity index (χ4n) is 1.68. The number of ether oxygens (including phenoxy) is 3. The number of carbonyl (C=O) groups is 1. The fraction of sp³-hybridized carbons (Fsp3) is 0.308. The van der Waals surface area contributed by atoms with Crippen LogP contribution in [0.1, 0.15) is 17.5 Å². The zero-order valence-corrected chi connectivity index (χ0v) is 10.5. The topological polar surface area (TPSA) is 57.9 Å². The summed E-state index contributed by atoms with van der Waals surface area (Å²) in [6.07, 6.45) is 0. The molecular formula is C13H14O5. The van der Waals surface area contributed by atoms with Gasteiger partial charge in [-0.1, -0.05) is 0 Å². The maximum Gasteiger partial charge on any atom is 0.373 e. The van der Waals surface area contributed by atoms with Crippen molar-refractivity contribution in [2.24, 2.45) is 0 Å². The number of hydrogen-bond donors (Lipinski definition) is 0. The van der Waals surface area contributed by atoms with Crippen molar-refractivity contribution in [1.29, 1.82) is 0 Å². The van der Waals surface area contributed by atoms with Gasteiger partial charge in [0.2, 0.25) is 5.76 Å². The summed E-state index contributed by atoms with van der Waals surface area (Å²) in [5.74, 6) is 0.825. The van der Waals surface area contributed by atoms with Gasteiger partial charge in [-0.05, 0) is 19.1 Å². The second kappa shape index (κ2) is 5.00. The molecule has 96 valence electrons. The molecule has 0 N–H and O–H groups in total. The molecule has 0 atom stereocenters. The Labute approximate surface area is 104 Å². The van der Waals surface area contributed by atoms with Crippen molar-refractivity contribution in [3.8, 4) is 11.5 Å². The van der Waals surface area contributed by atoms with Crippen LogP contribution in [0.4, 0.5) is 0 Å². The fourth-order valence-corrected chi connectivity index (χ4v) is 1.68. The van der Waals surface area contributed by atoms with Gasteiger partial charge in [-0.15, -0.1) is 0 Å². The van der Waals surface area contributed by atoms with Gasteiger partial charge in [-0.25, -0.2) is 4.79 Å². The summed E-state index contributed by atoms with van der Waals surface area (Å²) in [5, 5.41) is 0.764. The minimum Gasteiger partial charge on any atom is -0.493 e. The van der Waals surface area contributed by atoms with Gasteiger partial charge in [0, 0.05) is 11.5 Å². The van der Waals surface area contributed by atoms with Crippen molar-refractivity contribution in [2.45, 2.75) is 6.92 Å². The molecule has 0 unspecified atom stereocenters. The van der Waals surface area contributed by atoms with Crippen LogP contribution in [-0.4, -0.2) is 26.8 Å². The highest BCUT2D eigenvalue weighted by atomic mass is 16.5. The Balaban J connectivity index is 2.52. The molecule has 0 fully saturated rings. The summed E-state index contributed by atoms with van der Waals surface area (Å²) in [7, 11) is 2.86. The van der Waals surface area contributed by atoms with E-state index in [4.69, 9.17) is 13.9 Å². The SMILES string of the molecule is CCOc1cc2cc(C(=O)OC)oc2cc1OC. The first-order valence-electron chi connectivity index (χ1n) is 5.52. The Hall–Kier alpha value is -2.17. The van der Waals surface area contributed by atoms with Gasteiger partial charge in [0.25, 0.3) is 0 Å². The smallest absolute Gasteiger partial charge is 0.373 e. The van der Waals surface area contributed by atoms with Gasteiger partial charge < -0.3 is 18.6 Å². The molecule has 2 rings (SSSR count). The van der Waals surface area contributed by atoms with Gasteiger partial charge in [0.05, 0.1) is 20.8 Å². The summed E-state index contributed by atoms with van der Waals surface area (Å²) in [5.41, 5.74) is 0.552. The van der Waals surface area contributed by atoms with Crippen molar-refractivity contribution < 1.29 is 23.4 Å². The van der Waals surface area contributed by atoms with Gasteiger partial charge in [0.1, 0.15) is 5.58 Å². The molecule has 0 aliphatic heterocycles. The molecule has 0 radical (unpaired) electrons. The van der Waals surface area contributed by atoms with E-state index in [9.17, 15) is 4.79 Å². The first kappa shape index (κ1) is 12.3. The van der Waals surface area contributed by atoms with Crippen molar-refractivity contribution in [3.05, 3.63) is 24.0 Å². The van der Waals surface area contributed by atoms with E-state index < -0.39 is 5.97 Å². The lowest BCUT2D eigenvalue weighted by atomic mass is 10.2. The highest BCUT2D eigenvalue weighted by Crippen LogP contribution is 2.34. The van der Waals surface area contributed by atoms with Crippen molar-refractivity contribution >= 4 is 16.9 Å². The minimum atomic E-state index is -0.511. The molecule has 18 heavy (non-hydrogen) atoms. The molecule has 0 amide bonds. The first-order valence-corrected chi connectivity index (χ1v) is 5.52. The quantitative estimate of drug-likeness (QED) is 0.781. The van der Waals surface area contributed by atoms with Crippen LogP contribution in [0, 0.1) is 0 Å². The second-order valence-corrected chi connectivity index (χ2v) is 3.58. The Morgan fingerprint density at radius 1 is 1.22 bits per heavy atom. The zero-order valence-electron chi connectivity index (χ0n) is 10.5. The molecule has 0 aliphatic carbocycles. The predicted octanol–water partition coefficient (Wildman–Crippen LogP) is 2.63. The standard InChI is InChI=1S/C13H14O5/c1-4-17-11-5-8-6-12(13(14)16-3)18-9(8)7-10(11)15-2/h5-7H,4H2,1-3H3. The number of esters is 1. The summed E-state index contributed by atoms with van der Waals surface area (Å²) < 4.78 is 20.6. The molecule has 5 heteroatoms. The van der Waals surface area contributed by atoms with E-state index in [1.807, 2.05) is 6.92 Å². The lowest BCUT2D eigenvalue weighted by Gasteiger charge is -2.08. The Kier molecular flexibility index (Phi) is 3.41. The predicted molar refractivity (Wildman–Crippen MR) is 65.3 cm³/mol. The summed E-state index contributed by atoms with van der Waals surface area (Å²) >= 11 is 0. The molecule has 5 nitrogen and oxygen atoms in total. The largest absolute Gasteiger partial charge is 0.493 e. The van der Waals surface area contributed by atoms with Gasteiger partial charge >= 0.3 is 5.97 Å². The number of fused-ring (bicyclic) bond motifs is 1. The average Bonchev–Trinajstić information content (AvgIpc) is 2.80. The molecule has 0 spiro atoms. The van der Waals surface area contributed by atoms with E-state index >= 15 is 0 Å². The number of benzene rings is 1. The third-order valence-corrected chi connectivity index (χ3v) is 2.49. The van der Waals surface area contributed by atoms with Crippen LogP contribution >= 0.6 is 0 Å². The molecule has 1 aromatic carbocycles. The van der Waals surface area contributed by atoms with E-state index in [1.165, 1.54) is 7.11 Å². The summed E-state index contributed by atoms with van der Waals surface area (Å²) in [6, 6.07) is 5.07. The van der Waals surface area contributed by atoms with Crippen molar-refractivity contribution in [2.75, 3.05) is 20.8 Å². The second-order valence-electron chi connectivity index (χ2n) is 3.58. The maximum atomic E-state index is 11.4. The molecular weight excluding hydrogens is 236 g/mol. The average molecular weight is 250 g/mol. The number of rotatable bonds is 4. The molecule has 0 saturated carbocycles. The van der Waals surface area contributed by atoms with Crippen LogP contribution < -0.4 is 9.47 Å². The summed E-state index contributed by atoms with van der Waals surface area (Å²) in [6.45, 7) is 2.42. The summed E-state index contributed by atoms with van der Waals surface area (Å²) in [4.78, 5) is 11.4. The van der Waals surface area contributed by atoms with Gasteiger partial charge in [-0.2, -0.15) is 0 Å². The highest BCUT2D eigenvalue weighted by molar-refractivity contribution is 5.93. The number of methoxy groups -OCH3 is 2. The third kappa shape index (κ3) is 2.11. The minimum absolute atomic E-state index is 0.156. The highest BCUT2D eigenvalue weighted by Gasteiger charge is 2.15. The molecule has 2 aromatic rings.